The van der Waals surface area contributed by atoms with E-state index in [1.54, 1.807) is 0 Å². The van der Waals surface area contributed by atoms with E-state index in [9.17, 15) is 36.4 Å². The zero-order chi connectivity index (χ0) is 29.2. The number of azo groups is 2. The summed E-state index contributed by atoms with van der Waals surface area (Å²) in [4.78, 5) is 10.2. The van der Waals surface area contributed by atoms with Gasteiger partial charge >= 0.3 is 0 Å². The molecule has 4 aromatic rings. The number of anilines is 1. The van der Waals surface area contributed by atoms with E-state index in [0.717, 1.165) is 18.2 Å². The molecule has 0 saturated heterocycles. The number of hydrogen-bond acceptors (Lipinski definition) is 11. The molecular weight excluding hydrogens is 625 g/mol. The van der Waals surface area contributed by atoms with Crippen LogP contribution in [-0.2, 0) is 41.5 Å². The topological polar surface area (TPSA) is 228 Å². The second-order valence-corrected chi connectivity index (χ2v) is 11.0. The minimum absolute atomic E-state index is 0. The summed E-state index contributed by atoms with van der Waals surface area (Å²) in [6, 6.07) is 14.1. The van der Waals surface area contributed by atoms with Crippen LogP contribution in [0.1, 0.15) is 6.92 Å². The fraction of sp³-hybridized carbons (Fsp3) is 0.0417. The molecule has 4 rings (SSSR count). The van der Waals surface area contributed by atoms with Gasteiger partial charge in [-0.25, -0.2) is 0 Å². The molecule has 14 nitrogen and oxygen atoms in total. The van der Waals surface area contributed by atoms with Gasteiger partial charge in [-0.2, -0.15) is 27.1 Å². The Kier molecular flexibility index (Phi) is 9.21. The Morgan fingerprint density at radius 3 is 2.07 bits per heavy atom. The minimum Gasteiger partial charge on any atom is -0.506 e. The maximum Gasteiger partial charge on any atom is 0.296 e. The summed E-state index contributed by atoms with van der Waals surface area (Å²) < 4.78 is 65.5. The quantitative estimate of drug-likeness (QED) is 0.0966. The van der Waals surface area contributed by atoms with Crippen LogP contribution >= 0.6 is 0 Å². The summed E-state index contributed by atoms with van der Waals surface area (Å²) in [6.07, 6.45) is 0. The van der Waals surface area contributed by atoms with Crippen molar-refractivity contribution in [3.05, 3.63) is 66.7 Å². The number of hydrogen-bond donors (Lipinski definition) is 5. The van der Waals surface area contributed by atoms with Crippen molar-refractivity contribution in [3.8, 4) is 11.5 Å². The van der Waals surface area contributed by atoms with Gasteiger partial charge in [-0.15, -0.1) is 10.2 Å². The van der Waals surface area contributed by atoms with Gasteiger partial charge in [-0.05, 0) is 60.0 Å². The Bertz CT molecular complexity index is 1950. The Hall–Kier alpha value is -4.28. The van der Waals surface area contributed by atoms with Gasteiger partial charge in [0.15, 0.2) is 5.75 Å². The molecule has 0 heterocycles. The molecule has 5 N–H and O–H groups in total. The number of carbonyl (C=O) groups excluding carboxylic acids is 1. The third-order valence-electron chi connectivity index (χ3n) is 5.26. The van der Waals surface area contributed by atoms with Crippen molar-refractivity contribution < 1.29 is 57.4 Å². The van der Waals surface area contributed by atoms with Gasteiger partial charge in [0.05, 0.1) is 16.3 Å². The number of phenolic OH excluding ortho intramolecular Hbond substituents is 2. The molecule has 4 aromatic carbocycles. The number of amides is 1. The molecule has 0 aromatic heterocycles. The van der Waals surface area contributed by atoms with Crippen molar-refractivity contribution >= 4 is 65.4 Å². The van der Waals surface area contributed by atoms with E-state index in [0.29, 0.717) is 5.69 Å². The van der Waals surface area contributed by atoms with Gasteiger partial charge in [0.1, 0.15) is 22.0 Å². The number of benzene rings is 4. The predicted molar refractivity (Wildman–Crippen MR) is 142 cm³/mol. The van der Waals surface area contributed by atoms with Gasteiger partial charge in [-0.3, -0.25) is 13.9 Å². The van der Waals surface area contributed by atoms with Gasteiger partial charge in [0, 0.05) is 40.6 Å². The Labute approximate surface area is 242 Å². The zero-order valence-electron chi connectivity index (χ0n) is 20.6. The smallest absolute Gasteiger partial charge is 0.296 e. The SMILES string of the molecule is CC(=O)Nc1ccc2c(O)c(N=Nc3ccc(N=Nc4cccc(S(=O)(=O)O)c4)cc3O)c(S(=O)(=O)O)cc2c1.[Ni]. The maximum absolute atomic E-state index is 12.1. The van der Waals surface area contributed by atoms with Crippen LogP contribution in [0.25, 0.3) is 10.8 Å². The molecule has 41 heavy (non-hydrogen) atoms. The third-order valence-corrected chi connectivity index (χ3v) is 6.98. The normalized spacial score (nSPS) is 12.1. The summed E-state index contributed by atoms with van der Waals surface area (Å²) >= 11 is 0. The molecular formula is C24H19N5NiO9S2. The second kappa shape index (κ2) is 12.1. The van der Waals surface area contributed by atoms with Crippen LogP contribution in [-0.4, -0.2) is 42.1 Å². The zero-order valence-corrected chi connectivity index (χ0v) is 23.2. The van der Waals surface area contributed by atoms with Crippen LogP contribution in [0.4, 0.5) is 28.4 Å². The van der Waals surface area contributed by atoms with Crippen molar-refractivity contribution in [1.29, 1.82) is 0 Å². The predicted octanol–water partition coefficient (Wildman–Crippen LogP) is 5.53. The Morgan fingerprint density at radius 2 is 1.46 bits per heavy atom. The fourth-order valence-electron chi connectivity index (χ4n) is 3.51. The van der Waals surface area contributed by atoms with Crippen LogP contribution in [0, 0.1) is 0 Å². The minimum atomic E-state index is -4.89. The van der Waals surface area contributed by atoms with Crippen LogP contribution in [0.3, 0.4) is 0 Å². The number of aromatic hydroxyl groups is 2. The molecule has 0 aliphatic rings. The van der Waals surface area contributed by atoms with E-state index < -0.39 is 42.3 Å². The summed E-state index contributed by atoms with van der Waals surface area (Å²) in [5.74, 6) is -1.46. The molecule has 0 unspecified atom stereocenters. The van der Waals surface area contributed by atoms with E-state index in [-0.39, 0.29) is 55.1 Å². The molecule has 216 valence electrons. The third kappa shape index (κ3) is 7.47. The first-order valence-electron chi connectivity index (χ1n) is 11.0. The number of nitrogens with zero attached hydrogens (tertiary/aromatic N) is 4. The number of nitrogens with one attached hydrogen (secondary N) is 1. The molecule has 17 heteroatoms. The molecule has 0 aliphatic heterocycles. The van der Waals surface area contributed by atoms with Gasteiger partial charge in [0.25, 0.3) is 20.2 Å². The van der Waals surface area contributed by atoms with Crippen LogP contribution < -0.4 is 5.32 Å². The summed E-state index contributed by atoms with van der Waals surface area (Å²) in [6.45, 7) is 1.28. The van der Waals surface area contributed by atoms with E-state index in [4.69, 9.17) is 4.55 Å². The van der Waals surface area contributed by atoms with Crippen molar-refractivity contribution in [2.24, 2.45) is 20.5 Å². The average molecular weight is 644 g/mol. The van der Waals surface area contributed by atoms with Gasteiger partial charge in [0.2, 0.25) is 5.91 Å². The van der Waals surface area contributed by atoms with Crippen LogP contribution in [0.2, 0.25) is 0 Å². The standard InChI is InChI=1S/C24H19N5O9S2.Ni/c1-13(30)25-15-5-7-19-14(9-15)10-22(40(36,37)38)23(24(19)32)29-28-20-8-6-17(12-21(20)31)27-26-16-3-2-4-18(11-16)39(33,34)35;/h2-12,31-32H,1H3,(H,25,30)(H,33,34,35)(H,36,37,38);. The first-order valence-corrected chi connectivity index (χ1v) is 13.9. The largest absolute Gasteiger partial charge is 0.506 e. The maximum atomic E-state index is 12.1. The van der Waals surface area contributed by atoms with E-state index in [1.807, 2.05) is 0 Å². The molecule has 0 bridgehead atoms. The van der Waals surface area contributed by atoms with E-state index in [1.165, 1.54) is 55.5 Å². The first kappa shape index (κ1) is 31.3. The van der Waals surface area contributed by atoms with Crippen LogP contribution in [0.15, 0.2) is 97.0 Å². The van der Waals surface area contributed by atoms with Crippen molar-refractivity contribution in [3.63, 3.8) is 0 Å². The number of fused-ring (bicyclic) bond motifs is 1. The fourth-order valence-corrected chi connectivity index (χ4v) is 4.69. The summed E-state index contributed by atoms with van der Waals surface area (Å²) in [5.41, 5.74) is -0.204. The van der Waals surface area contributed by atoms with Crippen molar-refractivity contribution in [2.45, 2.75) is 16.7 Å². The van der Waals surface area contributed by atoms with Gasteiger partial charge in [-0.1, -0.05) is 6.07 Å². The molecule has 0 atom stereocenters. The number of carbonyl (C=O) groups is 1. The van der Waals surface area contributed by atoms with Crippen molar-refractivity contribution in [2.75, 3.05) is 5.32 Å². The monoisotopic (exact) mass is 643 g/mol. The molecule has 0 aliphatic carbocycles. The summed E-state index contributed by atoms with van der Waals surface area (Å²) in [5, 5.41) is 39.2. The van der Waals surface area contributed by atoms with E-state index >= 15 is 0 Å². The van der Waals surface area contributed by atoms with Crippen LogP contribution in [0.5, 0.6) is 11.5 Å². The molecule has 1 amide bonds. The van der Waals surface area contributed by atoms with Crippen molar-refractivity contribution in [1.82, 2.24) is 0 Å². The second-order valence-electron chi connectivity index (χ2n) is 8.21. The first-order chi connectivity index (χ1) is 18.7. The Balaban J connectivity index is 0.00000462. The molecule has 0 fully saturated rings. The van der Waals surface area contributed by atoms with E-state index in [2.05, 4.69) is 25.8 Å². The molecule has 0 saturated carbocycles. The summed E-state index contributed by atoms with van der Waals surface area (Å²) in [7, 11) is -9.33. The molecule has 0 spiro atoms. The van der Waals surface area contributed by atoms with Gasteiger partial charge < -0.3 is 15.5 Å². The number of phenols is 2. The number of rotatable bonds is 7. The Morgan fingerprint density at radius 1 is 0.780 bits per heavy atom. The average Bonchev–Trinajstić information content (AvgIpc) is 2.86. The molecule has 0 radical (unpaired) electrons.